The summed E-state index contributed by atoms with van der Waals surface area (Å²) in [6.07, 6.45) is 4.73. The zero-order valence-corrected chi connectivity index (χ0v) is 17.1. The molecular formula is C22H22N2O7. The van der Waals surface area contributed by atoms with E-state index in [9.17, 15) is 29.3 Å². The maximum Gasteiger partial charge on any atom is 0.330 e. The summed E-state index contributed by atoms with van der Waals surface area (Å²) < 4.78 is 5.16. The lowest BCUT2D eigenvalue weighted by molar-refractivity contribution is -0.384. The number of hydrogen-bond acceptors (Lipinski definition) is 7. The van der Waals surface area contributed by atoms with Gasteiger partial charge in [-0.15, -0.1) is 0 Å². The second-order valence-electron chi connectivity index (χ2n) is 8.57. The van der Waals surface area contributed by atoms with Crippen LogP contribution in [0.2, 0.25) is 0 Å². The second-order valence-corrected chi connectivity index (χ2v) is 8.57. The van der Waals surface area contributed by atoms with Gasteiger partial charge in [-0.3, -0.25) is 29.4 Å². The van der Waals surface area contributed by atoms with E-state index in [-0.39, 0.29) is 34.9 Å². The molecule has 2 amide bonds. The minimum absolute atomic E-state index is 0.0238. The quantitative estimate of drug-likeness (QED) is 0.163. The van der Waals surface area contributed by atoms with E-state index in [1.807, 2.05) is 12.2 Å². The van der Waals surface area contributed by atoms with Gasteiger partial charge in [0.15, 0.2) is 6.61 Å². The van der Waals surface area contributed by atoms with Gasteiger partial charge < -0.3 is 4.74 Å². The Morgan fingerprint density at radius 2 is 1.77 bits per heavy atom. The predicted molar refractivity (Wildman–Crippen MR) is 107 cm³/mol. The number of hydrogen-bond donors (Lipinski definition) is 0. The van der Waals surface area contributed by atoms with E-state index < -0.39 is 47.1 Å². The molecule has 0 N–H and O–H groups in total. The number of allylic oxidation sites excluding steroid dienone is 2. The topological polar surface area (TPSA) is 124 Å². The van der Waals surface area contributed by atoms with Crippen LogP contribution < -0.4 is 0 Å². The molecule has 162 valence electrons. The first-order chi connectivity index (χ1) is 14.7. The average molecular weight is 426 g/mol. The number of carbonyl (C=O) groups is 4. The first kappa shape index (κ1) is 20.9. The van der Waals surface area contributed by atoms with Crippen molar-refractivity contribution < 1.29 is 28.8 Å². The molecule has 0 unspecified atom stereocenters. The third-order valence-electron chi connectivity index (χ3n) is 6.38. The van der Waals surface area contributed by atoms with Crippen LogP contribution in [0.1, 0.15) is 30.6 Å². The molecule has 9 nitrogen and oxygen atoms in total. The van der Waals surface area contributed by atoms with Gasteiger partial charge in [-0.05, 0) is 24.2 Å². The monoisotopic (exact) mass is 426 g/mol. The van der Waals surface area contributed by atoms with Crippen LogP contribution in [0.25, 0.3) is 0 Å². The Kier molecular flexibility index (Phi) is 5.20. The van der Waals surface area contributed by atoms with E-state index >= 15 is 0 Å². The third-order valence-corrected chi connectivity index (χ3v) is 6.38. The summed E-state index contributed by atoms with van der Waals surface area (Å²) in [6, 6.07) is 3.99. The Morgan fingerprint density at radius 3 is 2.32 bits per heavy atom. The normalized spacial score (nSPS) is 27.0. The number of nitro benzene ring substituents is 1. The first-order valence-corrected chi connectivity index (χ1v) is 10.2. The molecule has 0 radical (unpaired) electrons. The summed E-state index contributed by atoms with van der Waals surface area (Å²) >= 11 is 0. The lowest BCUT2D eigenvalue weighted by Gasteiger charge is -2.28. The van der Waals surface area contributed by atoms with E-state index in [1.165, 1.54) is 18.2 Å². The fourth-order valence-corrected chi connectivity index (χ4v) is 4.97. The minimum Gasteiger partial charge on any atom is -0.456 e. The fourth-order valence-electron chi connectivity index (χ4n) is 4.97. The number of benzene rings is 1. The summed E-state index contributed by atoms with van der Waals surface area (Å²) in [5.41, 5.74) is -0.214. The highest BCUT2D eigenvalue weighted by molar-refractivity contribution is 6.09. The largest absolute Gasteiger partial charge is 0.456 e. The highest BCUT2D eigenvalue weighted by atomic mass is 16.6. The summed E-state index contributed by atoms with van der Waals surface area (Å²) in [4.78, 5) is 62.5. The lowest BCUT2D eigenvalue weighted by Crippen LogP contribution is -2.50. The SMILES string of the molecule is CC(C)[C@H](C(=O)OCC(=O)c1cccc([N+](=O)[O-])c1)N1C(=O)[C@H]2[C@H](C1=O)[C@H]1C=C[C@H]2C1. The van der Waals surface area contributed by atoms with Crippen molar-refractivity contribution in [1.82, 2.24) is 4.90 Å². The van der Waals surface area contributed by atoms with Gasteiger partial charge in [0.25, 0.3) is 5.69 Å². The van der Waals surface area contributed by atoms with Gasteiger partial charge in [-0.2, -0.15) is 0 Å². The van der Waals surface area contributed by atoms with Crippen molar-refractivity contribution in [2.75, 3.05) is 6.61 Å². The van der Waals surface area contributed by atoms with Crippen LogP contribution in [-0.2, 0) is 19.1 Å². The molecule has 9 heteroatoms. The average Bonchev–Trinajstić information content (AvgIpc) is 3.42. The molecular weight excluding hydrogens is 404 g/mol. The number of ketones is 1. The van der Waals surface area contributed by atoms with Gasteiger partial charge in [0.2, 0.25) is 17.6 Å². The molecule has 2 fully saturated rings. The summed E-state index contributed by atoms with van der Waals surface area (Å²) in [7, 11) is 0. The highest BCUT2D eigenvalue weighted by Crippen LogP contribution is 2.53. The number of nitrogens with zero attached hydrogens (tertiary/aromatic N) is 2. The smallest absolute Gasteiger partial charge is 0.330 e. The summed E-state index contributed by atoms with van der Waals surface area (Å²) in [5.74, 6) is -3.37. The van der Waals surface area contributed by atoms with E-state index in [4.69, 9.17) is 4.74 Å². The maximum atomic E-state index is 13.0. The Balaban J connectivity index is 1.47. The zero-order valence-electron chi connectivity index (χ0n) is 17.1. The Bertz CT molecular complexity index is 985. The first-order valence-electron chi connectivity index (χ1n) is 10.2. The van der Waals surface area contributed by atoms with Crippen molar-refractivity contribution in [2.24, 2.45) is 29.6 Å². The van der Waals surface area contributed by atoms with Gasteiger partial charge in [0, 0.05) is 17.7 Å². The number of carbonyl (C=O) groups excluding carboxylic acids is 4. The molecule has 1 saturated carbocycles. The number of Topliss-reactive ketones (excluding diaryl/α,β-unsaturated/α-hetero) is 1. The van der Waals surface area contributed by atoms with Crippen LogP contribution in [0.5, 0.6) is 0 Å². The fraction of sp³-hybridized carbons (Fsp3) is 0.455. The maximum absolute atomic E-state index is 13.0. The Morgan fingerprint density at radius 1 is 1.16 bits per heavy atom. The molecule has 1 aliphatic heterocycles. The van der Waals surface area contributed by atoms with Crippen molar-refractivity contribution in [1.29, 1.82) is 0 Å². The number of nitro groups is 1. The van der Waals surface area contributed by atoms with E-state index in [1.54, 1.807) is 13.8 Å². The number of imide groups is 1. The van der Waals surface area contributed by atoms with Crippen LogP contribution in [0.4, 0.5) is 5.69 Å². The van der Waals surface area contributed by atoms with Crippen molar-refractivity contribution in [3.8, 4) is 0 Å². The van der Waals surface area contributed by atoms with Crippen LogP contribution in [0.15, 0.2) is 36.4 Å². The van der Waals surface area contributed by atoms with Gasteiger partial charge in [-0.25, -0.2) is 4.79 Å². The van der Waals surface area contributed by atoms with E-state index in [2.05, 4.69) is 0 Å². The van der Waals surface area contributed by atoms with Crippen LogP contribution in [0.3, 0.4) is 0 Å². The summed E-state index contributed by atoms with van der Waals surface area (Å²) in [5, 5.41) is 10.9. The summed E-state index contributed by atoms with van der Waals surface area (Å²) in [6.45, 7) is 2.77. The third kappa shape index (κ3) is 3.43. The predicted octanol–water partition coefficient (Wildman–Crippen LogP) is 2.15. The molecule has 0 aromatic heterocycles. The van der Waals surface area contributed by atoms with Crippen LogP contribution in [0, 0.1) is 39.7 Å². The standard InChI is InChI=1S/C22H22N2O7/c1-11(2)19(23-20(26)17-13-6-7-14(8-13)18(17)21(23)27)22(28)31-10-16(25)12-4-3-5-15(9-12)24(29)30/h3-7,9,11,13-14,17-19H,8,10H2,1-2H3/t13-,14-,17+,18+,19+/m0/s1. The van der Waals surface area contributed by atoms with E-state index in [0.717, 1.165) is 17.4 Å². The molecule has 2 bridgehead atoms. The lowest BCUT2D eigenvalue weighted by atomic mass is 9.85. The number of amides is 2. The number of ether oxygens (including phenoxy) is 1. The molecule has 2 aliphatic carbocycles. The molecule has 31 heavy (non-hydrogen) atoms. The minimum atomic E-state index is -1.12. The number of esters is 1. The van der Waals surface area contributed by atoms with Crippen molar-refractivity contribution in [2.45, 2.75) is 26.3 Å². The molecule has 0 spiro atoms. The molecule has 5 atom stereocenters. The van der Waals surface area contributed by atoms with Crippen molar-refractivity contribution in [3.63, 3.8) is 0 Å². The Hall–Kier alpha value is -3.36. The highest BCUT2D eigenvalue weighted by Gasteiger charge is 2.61. The number of non-ortho nitro benzene ring substituents is 1. The zero-order chi connectivity index (χ0) is 22.4. The Labute approximate surface area is 178 Å². The number of rotatable bonds is 7. The van der Waals surface area contributed by atoms with Gasteiger partial charge in [0.1, 0.15) is 6.04 Å². The number of fused-ring (bicyclic) bond motifs is 5. The molecule has 1 heterocycles. The van der Waals surface area contributed by atoms with Gasteiger partial charge in [0.05, 0.1) is 16.8 Å². The van der Waals surface area contributed by atoms with Crippen LogP contribution >= 0.6 is 0 Å². The molecule has 1 aromatic carbocycles. The molecule has 4 rings (SSSR count). The van der Waals surface area contributed by atoms with Crippen molar-refractivity contribution in [3.05, 3.63) is 52.1 Å². The van der Waals surface area contributed by atoms with Gasteiger partial charge >= 0.3 is 5.97 Å². The molecule has 3 aliphatic rings. The van der Waals surface area contributed by atoms with Gasteiger partial charge in [-0.1, -0.05) is 38.1 Å². The number of likely N-dealkylation sites (tertiary alicyclic amines) is 1. The molecule has 1 saturated heterocycles. The van der Waals surface area contributed by atoms with Crippen molar-refractivity contribution >= 4 is 29.3 Å². The van der Waals surface area contributed by atoms with Crippen LogP contribution in [-0.4, -0.2) is 46.0 Å². The second kappa shape index (κ2) is 7.72. The van der Waals surface area contributed by atoms with E-state index in [0.29, 0.717) is 0 Å². The molecule has 1 aromatic rings.